The quantitative estimate of drug-likeness (QED) is 0.807. The summed E-state index contributed by atoms with van der Waals surface area (Å²) in [7, 11) is 0. The van der Waals surface area contributed by atoms with Crippen molar-refractivity contribution in [1.29, 1.82) is 0 Å². The molecule has 140 valence electrons. The zero-order valence-corrected chi connectivity index (χ0v) is 16.1. The third-order valence-corrected chi connectivity index (χ3v) is 5.40. The van der Waals surface area contributed by atoms with E-state index in [-0.39, 0.29) is 0 Å². The fourth-order valence-electron chi connectivity index (χ4n) is 3.54. The van der Waals surface area contributed by atoms with Crippen molar-refractivity contribution in [2.24, 2.45) is 0 Å². The molecular formula is C21H24N4OS. The number of fused-ring (bicyclic) bond motifs is 1. The standard InChI is InChI=1S/C21H24N4OS/c27-21(25-12-10-24(11-13-25)18-6-3-9-22-16-18)23-15-17-5-4-14-26-20-8-2-1-7-19(17)20/h1-3,6-9,15-16H,4-5,10-14H2,(H,23,27)/b17-15-. The van der Waals surface area contributed by atoms with Crippen molar-refractivity contribution in [2.45, 2.75) is 12.8 Å². The number of nitrogens with one attached hydrogen (secondary N) is 1. The molecule has 2 aromatic rings. The highest BCUT2D eigenvalue weighted by Gasteiger charge is 2.19. The molecule has 4 rings (SSSR count). The minimum atomic E-state index is 0.759. The Labute approximate surface area is 165 Å². The molecule has 5 nitrogen and oxygen atoms in total. The van der Waals surface area contributed by atoms with E-state index in [9.17, 15) is 0 Å². The summed E-state index contributed by atoms with van der Waals surface area (Å²) in [4.78, 5) is 8.80. The number of rotatable bonds is 2. The Balaban J connectivity index is 1.37. The van der Waals surface area contributed by atoms with E-state index in [4.69, 9.17) is 17.0 Å². The van der Waals surface area contributed by atoms with Gasteiger partial charge in [0.15, 0.2) is 5.11 Å². The molecule has 0 saturated carbocycles. The maximum absolute atomic E-state index is 5.83. The normalized spacial score (nSPS) is 18.4. The van der Waals surface area contributed by atoms with Crippen molar-refractivity contribution in [3.05, 3.63) is 60.6 Å². The van der Waals surface area contributed by atoms with Crippen LogP contribution in [0.2, 0.25) is 0 Å². The van der Waals surface area contributed by atoms with Crippen LogP contribution in [0.4, 0.5) is 5.69 Å². The summed E-state index contributed by atoms with van der Waals surface area (Å²) in [6.07, 6.45) is 7.79. The van der Waals surface area contributed by atoms with Gasteiger partial charge >= 0.3 is 0 Å². The predicted molar refractivity (Wildman–Crippen MR) is 113 cm³/mol. The summed E-state index contributed by atoms with van der Waals surface area (Å²) in [5.41, 5.74) is 3.58. The summed E-state index contributed by atoms with van der Waals surface area (Å²) in [6.45, 7) is 4.46. The van der Waals surface area contributed by atoms with Crippen LogP contribution in [-0.2, 0) is 0 Å². The van der Waals surface area contributed by atoms with Crippen LogP contribution in [0, 0.1) is 0 Å². The van der Waals surface area contributed by atoms with Crippen LogP contribution in [0.1, 0.15) is 18.4 Å². The van der Waals surface area contributed by atoms with Crippen LogP contribution in [0.3, 0.4) is 0 Å². The number of ether oxygens (including phenoxy) is 1. The first kappa shape index (κ1) is 17.8. The lowest BCUT2D eigenvalue weighted by Crippen LogP contribution is -2.51. The third kappa shape index (κ3) is 4.22. The minimum absolute atomic E-state index is 0.759. The van der Waals surface area contributed by atoms with Gasteiger partial charge < -0.3 is 19.9 Å². The van der Waals surface area contributed by atoms with Gasteiger partial charge in [0.05, 0.1) is 18.5 Å². The van der Waals surface area contributed by atoms with Crippen molar-refractivity contribution >= 4 is 28.6 Å². The molecule has 0 aliphatic carbocycles. The van der Waals surface area contributed by atoms with Gasteiger partial charge in [0.1, 0.15) is 5.75 Å². The maximum atomic E-state index is 5.83. The lowest BCUT2D eigenvalue weighted by atomic mass is 10.0. The van der Waals surface area contributed by atoms with Crippen molar-refractivity contribution in [1.82, 2.24) is 15.2 Å². The van der Waals surface area contributed by atoms with Crippen molar-refractivity contribution in [3.63, 3.8) is 0 Å². The fraction of sp³-hybridized carbons (Fsp3) is 0.333. The molecule has 1 N–H and O–H groups in total. The smallest absolute Gasteiger partial charge is 0.173 e. The largest absolute Gasteiger partial charge is 0.493 e. The van der Waals surface area contributed by atoms with Crippen LogP contribution in [0.5, 0.6) is 5.75 Å². The first-order valence-corrected chi connectivity index (χ1v) is 9.84. The summed E-state index contributed by atoms with van der Waals surface area (Å²) >= 11 is 5.64. The third-order valence-electron chi connectivity index (χ3n) is 5.03. The zero-order chi connectivity index (χ0) is 18.5. The predicted octanol–water partition coefficient (Wildman–Crippen LogP) is 3.29. The van der Waals surface area contributed by atoms with Crippen LogP contribution in [0.15, 0.2) is 55.0 Å². The molecule has 1 aromatic heterocycles. The molecule has 1 fully saturated rings. The number of thiocarbonyl (C=S) groups is 1. The van der Waals surface area contributed by atoms with Gasteiger partial charge in [-0.25, -0.2) is 0 Å². The van der Waals surface area contributed by atoms with Crippen LogP contribution in [0.25, 0.3) is 5.57 Å². The molecule has 3 heterocycles. The van der Waals surface area contributed by atoms with Gasteiger partial charge in [-0.1, -0.05) is 18.2 Å². The van der Waals surface area contributed by atoms with Crippen LogP contribution in [-0.4, -0.2) is 47.8 Å². The SMILES string of the molecule is S=C(N/C=C1/CCCOc2ccccc21)N1CCN(c2cccnc2)CC1. The molecule has 6 heteroatoms. The van der Waals surface area contributed by atoms with Crippen molar-refractivity contribution in [2.75, 3.05) is 37.7 Å². The number of pyridine rings is 1. The van der Waals surface area contributed by atoms with E-state index >= 15 is 0 Å². The van der Waals surface area contributed by atoms with E-state index in [0.29, 0.717) is 0 Å². The van der Waals surface area contributed by atoms with Gasteiger partial charge in [0.2, 0.25) is 0 Å². The second-order valence-electron chi connectivity index (χ2n) is 6.75. The number of allylic oxidation sites excluding steroid dienone is 1. The lowest BCUT2D eigenvalue weighted by Gasteiger charge is -2.37. The number of anilines is 1. The van der Waals surface area contributed by atoms with Gasteiger partial charge in [0, 0.05) is 44.1 Å². The number of hydrogen-bond donors (Lipinski definition) is 1. The average molecular weight is 381 g/mol. The van der Waals surface area contributed by atoms with E-state index in [2.05, 4.69) is 44.5 Å². The summed E-state index contributed by atoms with van der Waals surface area (Å²) in [5.74, 6) is 0.957. The fourth-order valence-corrected chi connectivity index (χ4v) is 3.78. The molecule has 0 amide bonds. The summed E-state index contributed by atoms with van der Waals surface area (Å²) in [5, 5.41) is 4.14. The van der Waals surface area contributed by atoms with Gasteiger partial charge in [0.25, 0.3) is 0 Å². The first-order chi connectivity index (χ1) is 13.3. The maximum Gasteiger partial charge on any atom is 0.173 e. The molecule has 1 aromatic carbocycles. The number of benzene rings is 1. The minimum Gasteiger partial charge on any atom is -0.493 e. The van der Waals surface area contributed by atoms with Crippen molar-refractivity contribution in [3.8, 4) is 5.75 Å². The second-order valence-corrected chi connectivity index (χ2v) is 7.14. The highest BCUT2D eigenvalue weighted by Crippen LogP contribution is 2.31. The van der Waals surface area contributed by atoms with Gasteiger partial charge in [-0.3, -0.25) is 4.98 Å². The molecule has 1 saturated heterocycles. The summed E-state index contributed by atoms with van der Waals surface area (Å²) < 4.78 is 5.83. The Hall–Kier alpha value is -2.60. The Morgan fingerprint density at radius 1 is 1.11 bits per heavy atom. The zero-order valence-electron chi connectivity index (χ0n) is 15.3. The first-order valence-electron chi connectivity index (χ1n) is 9.43. The van der Waals surface area contributed by atoms with Crippen LogP contribution < -0.4 is 15.0 Å². The Kier molecular flexibility index (Phi) is 5.53. The molecule has 27 heavy (non-hydrogen) atoms. The molecular weight excluding hydrogens is 356 g/mol. The number of nitrogens with zero attached hydrogens (tertiary/aromatic N) is 3. The number of piperazine rings is 1. The molecule has 0 atom stereocenters. The number of para-hydroxylation sites is 1. The molecule has 0 spiro atoms. The highest BCUT2D eigenvalue weighted by molar-refractivity contribution is 7.80. The van der Waals surface area contributed by atoms with E-state index in [1.54, 1.807) is 0 Å². The highest BCUT2D eigenvalue weighted by atomic mass is 32.1. The van der Waals surface area contributed by atoms with E-state index in [0.717, 1.165) is 62.1 Å². The van der Waals surface area contributed by atoms with Gasteiger partial charge in [-0.15, -0.1) is 0 Å². The monoisotopic (exact) mass is 380 g/mol. The number of hydrogen-bond acceptors (Lipinski definition) is 4. The average Bonchev–Trinajstić information content (AvgIpc) is 2.95. The molecule has 0 unspecified atom stereocenters. The molecule has 0 radical (unpaired) electrons. The van der Waals surface area contributed by atoms with Gasteiger partial charge in [-0.2, -0.15) is 0 Å². The topological polar surface area (TPSA) is 40.6 Å². The lowest BCUT2D eigenvalue weighted by molar-refractivity contribution is 0.318. The Morgan fingerprint density at radius 2 is 1.96 bits per heavy atom. The Bertz CT molecular complexity index is 816. The second kappa shape index (κ2) is 8.39. The molecule has 2 aliphatic heterocycles. The van der Waals surface area contributed by atoms with Crippen molar-refractivity contribution < 1.29 is 4.74 Å². The summed E-state index contributed by atoms with van der Waals surface area (Å²) in [6, 6.07) is 12.3. The van der Waals surface area contributed by atoms with E-state index in [1.165, 1.54) is 11.3 Å². The molecule has 0 bridgehead atoms. The van der Waals surface area contributed by atoms with E-state index < -0.39 is 0 Å². The van der Waals surface area contributed by atoms with Crippen LogP contribution >= 0.6 is 12.2 Å². The number of aromatic nitrogens is 1. The van der Waals surface area contributed by atoms with E-state index in [1.807, 2.05) is 30.6 Å². The molecule has 2 aliphatic rings. The van der Waals surface area contributed by atoms with Gasteiger partial charge in [-0.05, 0) is 48.8 Å². The Morgan fingerprint density at radius 3 is 2.78 bits per heavy atom.